The number of rotatable bonds is 7. The van der Waals surface area contributed by atoms with Crippen molar-refractivity contribution >= 4 is 29.3 Å². The molecule has 2 aromatic heterocycles. The Kier molecular flexibility index (Phi) is 6.99. The summed E-state index contributed by atoms with van der Waals surface area (Å²) in [6, 6.07) is 13.1. The number of hydrogen-bond donors (Lipinski definition) is 1. The number of benzene rings is 2. The van der Waals surface area contributed by atoms with Crippen molar-refractivity contribution < 1.29 is 22.4 Å². The van der Waals surface area contributed by atoms with Crippen molar-refractivity contribution in [3.05, 3.63) is 94.7 Å². The molecule has 1 unspecified atom stereocenters. The first kappa shape index (κ1) is 23.9. The summed E-state index contributed by atoms with van der Waals surface area (Å²) < 4.78 is 45.9. The summed E-state index contributed by atoms with van der Waals surface area (Å²) >= 11 is 7.41. The van der Waals surface area contributed by atoms with Crippen LogP contribution in [0.3, 0.4) is 0 Å². The van der Waals surface area contributed by atoms with E-state index < -0.39 is 17.8 Å². The van der Waals surface area contributed by atoms with Crippen LogP contribution in [-0.4, -0.2) is 20.7 Å². The Balaban J connectivity index is 1.63. The lowest BCUT2D eigenvalue weighted by Gasteiger charge is -2.16. The Morgan fingerprint density at radius 2 is 1.97 bits per heavy atom. The molecule has 0 saturated carbocycles. The molecule has 0 aliphatic rings. The molecule has 6 nitrogen and oxygen atoms in total. The lowest BCUT2D eigenvalue weighted by molar-refractivity contribution is -0.137. The SMILES string of the molecule is CC(NC(=O)c1ccoc1)c1nnc(SCc2cccc(C(F)(F)F)c2)n1-c1cccc(Cl)c1. The van der Waals surface area contributed by atoms with Crippen LogP contribution < -0.4 is 5.32 Å². The van der Waals surface area contributed by atoms with Gasteiger partial charge in [0.05, 0.1) is 29.1 Å². The second kappa shape index (κ2) is 9.94. The number of alkyl halides is 3. The molecule has 176 valence electrons. The minimum absolute atomic E-state index is 0.235. The Morgan fingerprint density at radius 1 is 1.18 bits per heavy atom. The molecule has 1 N–H and O–H groups in total. The van der Waals surface area contributed by atoms with Gasteiger partial charge in [0, 0.05) is 10.8 Å². The normalized spacial score (nSPS) is 12.5. The van der Waals surface area contributed by atoms with Gasteiger partial charge in [-0.05, 0) is 42.8 Å². The first-order valence-electron chi connectivity index (χ1n) is 10.1. The predicted molar refractivity (Wildman–Crippen MR) is 122 cm³/mol. The summed E-state index contributed by atoms with van der Waals surface area (Å²) in [5.74, 6) is 0.323. The summed E-state index contributed by atoms with van der Waals surface area (Å²) in [5, 5.41) is 12.3. The number of hydrogen-bond acceptors (Lipinski definition) is 5. The summed E-state index contributed by atoms with van der Waals surface area (Å²) in [6.45, 7) is 1.75. The van der Waals surface area contributed by atoms with E-state index in [0.29, 0.717) is 32.8 Å². The van der Waals surface area contributed by atoms with Crippen molar-refractivity contribution in [1.29, 1.82) is 0 Å². The molecular weight excluding hydrogens is 489 g/mol. The standard InChI is InChI=1S/C23H18ClF3N4O2S/c1-14(28-21(32)16-8-9-33-12-16)20-29-30-22(31(20)19-7-3-6-18(24)11-19)34-13-15-4-2-5-17(10-15)23(25,26)27/h2-12,14H,13H2,1H3,(H,28,32). The highest BCUT2D eigenvalue weighted by Gasteiger charge is 2.30. The Labute approximate surface area is 202 Å². The average Bonchev–Trinajstić information content (AvgIpc) is 3.48. The fraction of sp³-hybridized carbons (Fsp3) is 0.174. The number of nitrogens with zero attached hydrogens (tertiary/aromatic N) is 3. The predicted octanol–water partition coefficient (Wildman–Crippen LogP) is 6.32. The number of thioether (sulfide) groups is 1. The summed E-state index contributed by atoms with van der Waals surface area (Å²) in [4.78, 5) is 12.5. The van der Waals surface area contributed by atoms with Gasteiger partial charge in [-0.3, -0.25) is 9.36 Å². The number of aromatic nitrogens is 3. The molecule has 0 aliphatic heterocycles. The molecule has 0 radical (unpaired) electrons. The van der Waals surface area contributed by atoms with Gasteiger partial charge in [-0.1, -0.05) is 47.6 Å². The molecule has 0 bridgehead atoms. The van der Waals surface area contributed by atoms with Gasteiger partial charge in [-0.15, -0.1) is 10.2 Å². The fourth-order valence-electron chi connectivity index (χ4n) is 3.24. The Hall–Kier alpha value is -3.24. The molecule has 0 aliphatic carbocycles. The molecule has 4 aromatic rings. The van der Waals surface area contributed by atoms with E-state index in [1.807, 2.05) is 0 Å². The van der Waals surface area contributed by atoms with Crippen molar-refractivity contribution in [2.45, 2.75) is 30.1 Å². The van der Waals surface area contributed by atoms with Crippen LogP contribution in [0.2, 0.25) is 5.02 Å². The topological polar surface area (TPSA) is 73.0 Å². The zero-order chi connectivity index (χ0) is 24.3. The first-order valence-corrected chi connectivity index (χ1v) is 11.4. The average molecular weight is 507 g/mol. The fourth-order valence-corrected chi connectivity index (χ4v) is 4.32. The lowest BCUT2D eigenvalue weighted by Crippen LogP contribution is -2.28. The number of halogens is 4. The van der Waals surface area contributed by atoms with Crippen LogP contribution in [0.25, 0.3) is 5.69 Å². The van der Waals surface area contributed by atoms with E-state index in [4.69, 9.17) is 16.0 Å². The van der Waals surface area contributed by atoms with Crippen molar-refractivity contribution in [3.63, 3.8) is 0 Å². The molecule has 2 aromatic carbocycles. The highest BCUT2D eigenvalue weighted by molar-refractivity contribution is 7.98. The van der Waals surface area contributed by atoms with Crippen molar-refractivity contribution in [3.8, 4) is 5.69 Å². The van der Waals surface area contributed by atoms with Crippen LogP contribution in [0.4, 0.5) is 13.2 Å². The largest absolute Gasteiger partial charge is 0.472 e. The van der Waals surface area contributed by atoms with E-state index in [2.05, 4.69) is 15.5 Å². The van der Waals surface area contributed by atoms with Crippen LogP contribution in [0.15, 0.2) is 76.7 Å². The molecule has 0 saturated heterocycles. The molecule has 2 heterocycles. The first-order chi connectivity index (χ1) is 16.2. The van der Waals surface area contributed by atoms with Crippen LogP contribution in [0, 0.1) is 0 Å². The molecule has 34 heavy (non-hydrogen) atoms. The van der Waals surface area contributed by atoms with Gasteiger partial charge in [-0.2, -0.15) is 13.2 Å². The van der Waals surface area contributed by atoms with E-state index in [1.165, 1.54) is 30.4 Å². The zero-order valence-corrected chi connectivity index (χ0v) is 19.3. The molecule has 1 amide bonds. The maximum atomic E-state index is 13.1. The number of carbonyl (C=O) groups is 1. The van der Waals surface area contributed by atoms with E-state index in [-0.39, 0.29) is 11.7 Å². The summed E-state index contributed by atoms with van der Waals surface area (Å²) in [6.07, 6.45) is -1.69. The monoisotopic (exact) mass is 506 g/mol. The van der Waals surface area contributed by atoms with Crippen molar-refractivity contribution in [2.75, 3.05) is 0 Å². The Morgan fingerprint density at radius 3 is 2.68 bits per heavy atom. The van der Waals surface area contributed by atoms with Gasteiger partial charge in [0.1, 0.15) is 6.26 Å². The van der Waals surface area contributed by atoms with Crippen molar-refractivity contribution in [2.24, 2.45) is 0 Å². The number of furan rings is 1. The third-order valence-corrected chi connectivity index (χ3v) is 6.10. The third kappa shape index (κ3) is 5.45. The van der Waals surface area contributed by atoms with Gasteiger partial charge >= 0.3 is 6.18 Å². The molecule has 0 spiro atoms. The van der Waals surface area contributed by atoms with Gasteiger partial charge in [-0.25, -0.2) is 0 Å². The molecular formula is C23H18ClF3N4O2S. The van der Waals surface area contributed by atoms with E-state index in [9.17, 15) is 18.0 Å². The third-order valence-electron chi connectivity index (χ3n) is 4.87. The van der Waals surface area contributed by atoms with Crippen LogP contribution in [-0.2, 0) is 11.9 Å². The van der Waals surface area contributed by atoms with Crippen molar-refractivity contribution in [1.82, 2.24) is 20.1 Å². The van der Waals surface area contributed by atoms with Gasteiger partial charge in [0.15, 0.2) is 11.0 Å². The second-order valence-corrected chi connectivity index (χ2v) is 8.73. The lowest BCUT2D eigenvalue weighted by atomic mass is 10.1. The van der Waals surface area contributed by atoms with E-state index >= 15 is 0 Å². The molecule has 1 atom stereocenters. The maximum Gasteiger partial charge on any atom is 0.416 e. The van der Waals surface area contributed by atoms with Crippen LogP contribution >= 0.6 is 23.4 Å². The maximum absolute atomic E-state index is 13.1. The number of carbonyl (C=O) groups excluding carboxylic acids is 1. The summed E-state index contributed by atoms with van der Waals surface area (Å²) in [7, 11) is 0. The highest BCUT2D eigenvalue weighted by atomic mass is 35.5. The highest BCUT2D eigenvalue weighted by Crippen LogP contribution is 2.32. The van der Waals surface area contributed by atoms with Gasteiger partial charge in [0.25, 0.3) is 5.91 Å². The van der Waals surface area contributed by atoms with Crippen LogP contribution in [0.1, 0.15) is 40.3 Å². The zero-order valence-electron chi connectivity index (χ0n) is 17.7. The van der Waals surface area contributed by atoms with Gasteiger partial charge < -0.3 is 9.73 Å². The molecule has 11 heteroatoms. The minimum Gasteiger partial charge on any atom is -0.472 e. The van der Waals surface area contributed by atoms with Crippen LogP contribution in [0.5, 0.6) is 0 Å². The second-order valence-electron chi connectivity index (χ2n) is 7.35. The number of amides is 1. The molecule has 4 rings (SSSR count). The van der Waals surface area contributed by atoms with E-state index in [0.717, 1.165) is 12.1 Å². The smallest absolute Gasteiger partial charge is 0.416 e. The quantitative estimate of drug-likeness (QED) is 0.297. The molecule has 0 fully saturated rings. The van der Waals surface area contributed by atoms with E-state index in [1.54, 1.807) is 47.9 Å². The minimum atomic E-state index is -4.42. The summed E-state index contributed by atoms with van der Waals surface area (Å²) in [5.41, 5.74) is 0.796. The Bertz CT molecular complexity index is 1290. The number of nitrogens with one attached hydrogen (secondary N) is 1. The van der Waals surface area contributed by atoms with Gasteiger partial charge in [0.2, 0.25) is 0 Å².